The van der Waals surface area contributed by atoms with Crippen molar-refractivity contribution in [2.75, 3.05) is 26.3 Å². The lowest BCUT2D eigenvalue weighted by Gasteiger charge is -2.28. The summed E-state index contributed by atoms with van der Waals surface area (Å²) in [6.45, 7) is 2.33. The third-order valence-corrected chi connectivity index (χ3v) is 3.46. The molecule has 1 saturated heterocycles. The summed E-state index contributed by atoms with van der Waals surface area (Å²) in [6.07, 6.45) is 1.79. The molecule has 1 aromatic rings. The summed E-state index contributed by atoms with van der Waals surface area (Å²) < 4.78 is 38.4. The molecule has 3 nitrogen and oxygen atoms in total. The summed E-state index contributed by atoms with van der Waals surface area (Å²) in [5.41, 5.74) is 0.330. The Bertz CT molecular complexity index is 459. The monoisotopic (exact) mass is 255 g/mol. The van der Waals surface area contributed by atoms with E-state index in [1.165, 1.54) is 0 Å². The Labute approximate surface area is 104 Å². The predicted octanol–water partition coefficient (Wildman–Crippen LogP) is 2.20. The molecule has 1 aromatic carbocycles. The van der Waals surface area contributed by atoms with Gasteiger partial charge in [-0.25, -0.2) is 8.78 Å². The molecule has 0 saturated carbocycles. The number of nitrogens with one attached hydrogen (secondary N) is 1. The van der Waals surface area contributed by atoms with Crippen molar-refractivity contribution in [3.63, 3.8) is 0 Å². The molecule has 0 bridgehead atoms. The third kappa shape index (κ3) is 1.92. The highest BCUT2D eigenvalue weighted by Crippen LogP contribution is 2.42. The van der Waals surface area contributed by atoms with Gasteiger partial charge in [0.15, 0.2) is 23.1 Å². The van der Waals surface area contributed by atoms with Crippen LogP contribution < -0.4 is 14.8 Å². The molecule has 1 fully saturated rings. The van der Waals surface area contributed by atoms with E-state index < -0.39 is 11.6 Å². The van der Waals surface area contributed by atoms with Gasteiger partial charge in [0.1, 0.15) is 13.2 Å². The Morgan fingerprint density at radius 1 is 1.22 bits per heavy atom. The van der Waals surface area contributed by atoms with Crippen molar-refractivity contribution in [1.29, 1.82) is 0 Å². The molecule has 3 rings (SSSR count). The molecule has 0 radical (unpaired) electrons. The highest BCUT2D eigenvalue weighted by atomic mass is 19.2. The molecule has 1 unspecified atom stereocenters. The average molecular weight is 255 g/mol. The van der Waals surface area contributed by atoms with E-state index in [2.05, 4.69) is 5.32 Å². The van der Waals surface area contributed by atoms with E-state index in [-0.39, 0.29) is 5.92 Å². The fraction of sp³-hybridized carbons (Fsp3) is 0.538. The number of hydrogen-bond acceptors (Lipinski definition) is 3. The van der Waals surface area contributed by atoms with Crippen molar-refractivity contribution < 1.29 is 18.3 Å². The maximum absolute atomic E-state index is 14.0. The molecular formula is C13H15F2NO2. The lowest BCUT2D eigenvalue weighted by Crippen LogP contribution is -2.30. The van der Waals surface area contributed by atoms with E-state index in [0.29, 0.717) is 36.8 Å². The average Bonchev–Trinajstić information content (AvgIpc) is 2.41. The van der Waals surface area contributed by atoms with Crippen LogP contribution in [0.1, 0.15) is 24.3 Å². The molecule has 98 valence electrons. The Kier molecular flexibility index (Phi) is 3.07. The molecule has 2 aliphatic heterocycles. The Hall–Kier alpha value is -1.36. The molecule has 0 aliphatic carbocycles. The highest BCUT2D eigenvalue weighted by molar-refractivity contribution is 5.50. The van der Waals surface area contributed by atoms with Crippen LogP contribution >= 0.6 is 0 Å². The first-order valence-corrected chi connectivity index (χ1v) is 6.25. The van der Waals surface area contributed by atoms with Crippen molar-refractivity contribution >= 4 is 0 Å². The number of hydrogen-bond donors (Lipinski definition) is 1. The predicted molar refractivity (Wildman–Crippen MR) is 62.2 cm³/mol. The van der Waals surface area contributed by atoms with Gasteiger partial charge >= 0.3 is 0 Å². The number of piperidine rings is 1. The smallest absolute Gasteiger partial charge is 0.168 e. The first-order valence-electron chi connectivity index (χ1n) is 6.25. The zero-order valence-electron chi connectivity index (χ0n) is 9.97. The lowest BCUT2D eigenvalue weighted by atomic mass is 9.90. The summed E-state index contributed by atoms with van der Waals surface area (Å²) in [5, 5.41) is 3.20. The normalized spacial score (nSPS) is 22.9. The standard InChI is InChI=1S/C13H15F2NO2/c14-9-6-10-13(18-5-4-17-10)11(12(9)15)8-2-1-3-16-7-8/h6,8,16H,1-5,7H2. The molecule has 1 atom stereocenters. The number of fused-ring (bicyclic) bond motifs is 1. The zero-order valence-corrected chi connectivity index (χ0v) is 9.97. The quantitative estimate of drug-likeness (QED) is 0.834. The fourth-order valence-corrected chi connectivity index (χ4v) is 2.62. The molecular weight excluding hydrogens is 240 g/mol. The molecule has 0 amide bonds. The van der Waals surface area contributed by atoms with Crippen LogP contribution in [0.2, 0.25) is 0 Å². The number of benzene rings is 1. The first-order chi connectivity index (χ1) is 8.77. The number of halogens is 2. The van der Waals surface area contributed by atoms with Crippen LogP contribution in [0.25, 0.3) is 0 Å². The Morgan fingerprint density at radius 2 is 2.06 bits per heavy atom. The summed E-state index contributed by atoms with van der Waals surface area (Å²) in [6, 6.07) is 1.07. The van der Waals surface area contributed by atoms with Crippen molar-refractivity contribution in [2.45, 2.75) is 18.8 Å². The van der Waals surface area contributed by atoms with E-state index in [9.17, 15) is 8.78 Å². The Balaban J connectivity index is 2.07. The van der Waals surface area contributed by atoms with Gasteiger partial charge in [-0.05, 0) is 19.4 Å². The second kappa shape index (κ2) is 4.72. The second-order valence-corrected chi connectivity index (χ2v) is 4.65. The summed E-state index contributed by atoms with van der Waals surface area (Å²) >= 11 is 0. The van der Waals surface area contributed by atoms with Gasteiger partial charge in [-0.15, -0.1) is 0 Å². The van der Waals surface area contributed by atoms with Crippen LogP contribution in [0, 0.1) is 11.6 Å². The van der Waals surface area contributed by atoms with Crippen LogP contribution in [0.15, 0.2) is 6.07 Å². The van der Waals surface area contributed by atoms with E-state index in [0.717, 1.165) is 25.5 Å². The molecule has 0 spiro atoms. The number of rotatable bonds is 1. The highest BCUT2D eigenvalue weighted by Gasteiger charge is 2.29. The van der Waals surface area contributed by atoms with Gasteiger partial charge in [0.25, 0.3) is 0 Å². The maximum Gasteiger partial charge on any atom is 0.168 e. The summed E-state index contributed by atoms with van der Waals surface area (Å²) in [5.74, 6) is -1.01. The van der Waals surface area contributed by atoms with Gasteiger partial charge in [0.05, 0.1) is 0 Å². The SMILES string of the molecule is Fc1cc2c(c(C3CCCNC3)c1F)OCCO2. The molecule has 18 heavy (non-hydrogen) atoms. The number of ether oxygens (including phenoxy) is 2. The first kappa shape index (κ1) is 11.7. The van der Waals surface area contributed by atoms with Gasteiger partial charge in [-0.1, -0.05) is 0 Å². The molecule has 2 heterocycles. The van der Waals surface area contributed by atoms with Crippen LogP contribution in [0.3, 0.4) is 0 Å². The topological polar surface area (TPSA) is 30.5 Å². The molecule has 0 aromatic heterocycles. The van der Waals surface area contributed by atoms with Gasteiger partial charge < -0.3 is 14.8 Å². The van der Waals surface area contributed by atoms with E-state index in [1.54, 1.807) is 0 Å². The van der Waals surface area contributed by atoms with Gasteiger partial charge in [0.2, 0.25) is 0 Å². The molecule has 1 N–H and O–H groups in total. The molecule has 5 heteroatoms. The third-order valence-electron chi connectivity index (χ3n) is 3.46. The lowest BCUT2D eigenvalue weighted by molar-refractivity contribution is 0.165. The van der Waals surface area contributed by atoms with Crippen LogP contribution in [-0.4, -0.2) is 26.3 Å². The van der Waals surface area contributed by atoms with E-state index in [4.69, 9.17) is 9.47 Å². The minimum absolute atomic E-state index is 0.0510. The van der Waals surface area contributed by atoms with Crippen molar-refractivity contribution in [2.24, 2.45) is 0 Å². The second-order valence-electron chi connectivity index (χ2n) is 4.65. The Morgan fingerprint density at radius 3 is 2.83 bits per heavy atom. The maximum atomic E-state index is 14.0. The van der Waals surface area contributed by atoms with Crippen LogP contribution in [0.4, 0.5) is 8.78 Å². The van der Waals surface area contributed by atoms with Gasteiger partial charge in [-0.3, -0.25) is 0 Å². The van der Waals surface area contributed by atoms with E-state index >= 15 is 0 Å². The van der Waals surface area contributed by atoms with Gasteiger partial charge in [0, 0.05) is 24.1 Å². The fourth-order valence-electron chi connectivity index (χ4n) is 2.62. The summed E-state index contributed by atoms with van der Waals surface area (Å²) in [4.78, 5) is 0. The van der Waals surface area contributed by atoms with Crippen LogP contribution in [-0.2, 0) is 0 Å². The van der Waals surface area contributed by atoms with Crippen molar-refractivity contribution in [1.82, 2.24) is 5.32 Å². The van der Waals surface area contributed by atoms with Crippen molar-refractivity contribution in [3.05, 3.63) is 23.3 Å². The minimum Gasteiger partial charge on any atom is -0.486 e. The largest absolute Gasteiger partial charge is 0.486 e. The van der Waals surface area contributed by atoms with Gasteiger partial charge in [-0.2, -0.15) is 0 Å². The summed E-state index contributed by atoms with van der Waals surface area (Å²) in [7, 11) is 0. The zero-order chi connectivity index (χ0) is 12.5. The van der Waals surface area contributed by atoms with E-state index in [1.807, 2.05) is 0 Å². The van der Waals surface area contributed by atoms with Crippen LogP contribution in [0.5, 0.6) is 11.5 Å². The molecule has 2 aliphatic rings. The van der Waals surface area contributed by atoms with Crippen molar-refractivity contribution in [3.8, 4) is 11.5 Å². The minimum atomic E-state index is -0.861.